The number of nitrogens with zero attached hydrogens (tertiary/aromatic N) is 4. The van der Waals surface area contributed by atoms with E-state index >= 15 is 0 Å². The monoisotopic (exact) mass is 704 g/mol. The quantitative estimate of drug-likeness (QED) is 0.0245. The second-order valence-electron chi connectivity index (χ2n) is 14.0. The van der Waals surface area contributed by atoms with E-state index in [0.717, 1.165) is 69.1 Å². The van der Waals surface area contributed by atoms with Gasteiger partial charge in [-0.1, -0.05) is 90.2 Å². The first-order valence-corrected chi connectivity index (χ1v) is 18.4. The summed E-state index contributed by atoms with van der Waals surface area (Å²) in [5.74, 6) is -2.34. The van der Waals surface area contributed by atoms with Crippen molar-refractivity contribution in [3.05, 3.63) is 78.9 Å². The van der Waals surface area contributed by atoms with Crippen molar-refractivity contribution in [2.75, 3.05) is 13.1 Å². The van der Waals surface area contributed by atoms with Crippen LogP contribution in [0, 0.1) is 20.2 Å². The lowest BCUT2D eigenvalue weighted by molar-refractivity contribution is -0.383. The molecule has 0 spiro atoms. The Labute approximate surface area is 299 Å². The Kier molecular flexibility index (Phi) is 9.33. The zero-order valence-corrected chi connectivity index (χ0v) is 29.4. The Morgan fingerprint density at radius 3 is 1.23 bits per heavy atom. The van der Waals surface area contributed by atoms with Crippen molar-refractivity contribution in [3.63, 3.8) is 0 Å². The molecule has 0 aromatic heterocycles. The molecule has 5 aromatic carbocycles. The predicted molar refractivity (Wildman–Crippen MR) is 198 cm³/mol. The lowest BCUT2D eigenvalue weighted by atomic mass is 9.81. The van der Waals surface area contributed by atoms with Crippen LogP contribution in [0.2, 0.25) is 0 Å². The fourth-order valence-corrected chi connectivity index (χ4v) is 8.32. The van der Waals surface area contributed by atoms with E-state index in [1.807, 2.05) is 0 Å². The largest absolute Gasteiger partial charge is 0.278 e. The normalized spacial score (nSPS) is 14.3. The molecule has 2 heterocycles. The Hall–Kier alpha value is -5.52. The SMILES string of the molecule is CCCCCCCCN1C(=O)c2ccc3c4c([N+](=O)[O-])cc5c6c(cc([N+](=O)[O-])c(c7ccc(c2c37)C1=O)c64)C(=O)N(CCCCCCCC)C5=O. The molecule has 268 valence electrons. The van der Waals surface area contributed by atoms with Gasteiger partial charge in [0.15, 0.2) is 0 Å². The van der Waals surface area contributed by atoms with Crippen LogP contribution in [0.5, 0.6) is 0 Å². The van der Waals surface area contributed by atoms with Crippen LogP contribution in [-0.2, 0) is 0 Å². The molecule has 5 aromatic rings. The molecule has 0 saturated heterocycles. The summed E-state index contributed by atoms with van der Waals surface area (Å²) in [7, 11) is 0. The maximum atomic E-state index is 14.0. The molecule has 12 heteroatoms. The third-order valence-corrected chi connectivity index (χ3v) is 10.8. The van der Waals surface area contributed by atoms with Crippen LogP contribution in [-0.4, -0.2) is 56.4 Å². The summed E-state index contributed by atoms with van der Waals surface area (Å²) in [5, 5.41) is 27.1. The summed E-state index contributed by atoms with van der Waals surface area (Å²) in [5.41, 5.74) is -0.574. The zero-order valence-electron chi connectivity index (χ0n) is 29.4. The molecule has 0 fully saturated rings. The van der Waals surface area contributed by atoms with Crippen molar-refractivity contribution >= 4 is 78.1 Å². The number of hydrogen-bond donors (Lipinski definition) is 0. The first-order chi connectivity index (χ1) is 25.1. The van der Waals surface area contributed by atoms with Gasteiger partial charge in [0.05, 0.1) is 31.7 Å². The summed E-state index contributed by atoms with van der Waals surface area (Å²) in [6.07, 6.45) is 11.3. The average molecular weight is 705 g/mol. The first-order valence-electron chi connectivity index (χ1n) is 18.4. The molecule has 0 aliphatic carbocycles. The standard InChI is InChI=1S/C40H40N4O8/c1-3-5-7-9-11-13-19-41-37(45)25-17-15-23-31-24(16-18-26(32(25)31)38(41)46)35-30(44(51)52)22-28-33-27(21-29(43(49)50)34(23)36(33)35)39(47)42(40(28)48)20-14-12-10-8-6-4-2/h15-18,21-22H,3-14,19-20H2,1-2H3. The molecule has 0 radical (unpaired) electrons. The van der Waals surface area contributed by atoms with Crippen LogP contribution >= 0.6 is 0 Å². The second-order valence-corrected chi connectivity index (χ2v) is 14.0. The van der Waals surface area contributed by atoms with Gasteiger partial charge >= 0.3 is 0 Å². The van der Waals surface area contributed by atoms with Crippen LogP contribution in [0.15, 0.2) is 36.4 Å². The van der Waals surface area contributed by atoms with Gasteiger partial charge in [-0.15, -0.1) is 0 Å². The molecule has 0 atom stereocenters. The third-order valence-electron chi connectivity index (χ3n) is 10.8. The van der Waals surface area contributed by atoms with Crippen LogP contribution in [0.3, 0.4) is 0 Å². The van der Waals surface area contributed by atoms with E-state index in [1.54, 1.807) is 24.3 Å². The van der Waals surface area contributed by atoms with Gasteiger partial charge in [-0.3, -0.25) is 49.2 Å². The highest BCUT2D eigenvalue weighted by Crippen LogP contribution is 2.51. The molecular weight excluding hydrogens is 664 g/mol. The van der Waals surface area contributed by atoms with E-state index in [4.69, 9.17) is 0 Å². The molecule has 0 unspecified atom stereocenters. The maximum absolute atomic E-state index is 14.0. The van der Waals surface area contributed by atoms with Crippen LogP contribution in [0.25, 0.3) is 43.1 Å². The lowest BCUT2D eigenvalue weighted by Crippen LogP contribution is -2.41. The number of fused-ring (bicyclic) bond motifs is 2. The van der Waals surface area contributed by atoms with Crippen LogP contribution in [0.4, 0.5) is 11.4 Å². The van der Waals surface area contributed by atoms with Gasteiger partial charge in [-0.25, -0.2) is 0 Å². The van der Waals surface area contributed by atoms with Crippen molar-refractivity contribution in [2.24, 2.45) is 0 Å². The average Bonchev–Trinajstić information content (AvgIpc) is 3.13. The van der Waals surface area contributed by atoms with Gasteiger partial charge in [0.1, 0.15) is 0 Å². The lowest BCUT2D eigenvalue weighted by Gasteiger charge is -2.30. The summed E-state index contributed by atoms with van der Waals surface area (Å²) in [6.45, 7) is 4.57. The second kappa shape index (κ2) is 13.9. The van der Waals surface area contributed by atoms with Gasteiger partial charge < -0.3 is 0 Å². The fraction of sp³-hybridized carbons (Fsp3) is 0.400. The molecule has 52 heavy (non-hydrogen) atoms. The molecule has 0 bridgehead atoms. The molecule has 0 N–H and O–H groups in total. The van der Waals surface area contributed by atoms with Crippen molar-refractivity contribution in [1.82, 2.24) is 9.80 Å². The Morgan fingerprint density at radius 2 is 0.827 bits per heavy atom. The zero-order chi connectivity index (χ0) is 36.8. The van der Waals surface area contributed by atoms with Crippen LogP contribution in [0.1, 0.15) is 132 Å². The number of nitro groups is 2. The predicted octanol–water partition coefficient (Wildman–Crippen LogP) is 9.47. The van der Waals surface area contributed by atoms with Gasteiger partial charge in [-0.05, 0) is 41.1 Å². The summed E-state index contributed by atoms with van der Waals surface area (Å²) in [4.78, 5) is 82.4. The van der Waals surface area contributed by atoms with Crippen molar-refractivity contribution in [1.29, 1.82) is 0 Å². The third kappa shape index (κ3) is 5.43. The smallest absolute Gasteiger partial charge is 0.274 e. The number of amides is 4. The minimum Gasteiger partial charge on any atom is -0.274 e. The topological polar surface area (TPSA) is 161 Å². The van der Waals surface area contributed by atoms with Gasteiger partial charge in [0.25, 0.3) is 35.0 Å². The van der Waals surface area contributed by atoms with E-state index in [-0.39, 0.29) is 62.3 Å². The van der Waals surface area contributed by atoms with Crippen molar-refractivity contribution in [3.8, 4) is 0 Å². The number of hydrogen-bond acceptors (Lipinski definition) is 8. The Bertz CT molecular complexity index is 2210. The number of rotatable bonds is 16. The van der Waals surface area contributed by atoms with E-state index in [2.05, 4.69) is 13.8 Å². The number of carbonyl (C=O) groups is 4. The molecule has 2 aliphatic rings. The highest BCUT2D eigenvalue weighted by Gasteiger charge is 2.41. The maximum Gasteiger partial charge on any atom is 0.278 e. The first kappa shape index (κ1) is 34.9. The molecule has 12 nitrogen and oxygen atoms in total. The molecular formula is C40H40N4O8. The number of benzene rings is 5. The van der Waals surface area contributed by atoms with Crippen LogP contribution < -0.4 is 0 Å². The highest BCUT2D eigenvalue weighted by atomic mass is 16.6. The van der Waals surface area contributed by atoms with Gasteiger partial charge in [0.2, 0.25) is 0 Å². The minimum absolute atomic E-state index is 0.0132. The Morgan fingerprint density at radius 1 is 0.462 bits per heavy atom. The van der Waals surface area contributed by atoms with E-state index < -0.39 is 44.9 Å². The summed E-state index contributed by atoms with van der Waals surface area (Å²) in [6, 6.07) is 8.57. The number of nitro benzene ring substituents is 2. The Balaban J connectivity index is 1.43. The van der Waals surface area contributed by atoms with Crippen molar-refractivity contribution < 1.29 is 29.0 Å². The number of unbranched alkanes of at least 4 members (excludes halogenated alkanes) is 10. The van der Waals surface area contributed by atoms with Crippen molar-refractivity contribution in [2.45, 2.75) is 90.9 Å². The van der Waals surface area contributed by atoms with Gasteiger partial charge in [0, 0.05) is 52.5 Å². The summed E-state index contributed by atoms with van der Waals surface area (Å²) < 4.78 is 0. The number of carbonyl (C=O) groups excluding carboxylic acids is 4. The van der Waals surface area contributed by atoms with E-state index in [1.165, 1.54) is 17.0 Å². The highest BCUT2D eigenvalue weighted by molar-refractivity contribution is 6.43. The number of imide groups is 2. The molecule has 4 amide bonds. The van der Waals surface area contributed by atoms with E-state index in [0.29, 0.717) is 29.0 Å². The molecule has 7 rings (SSSR count). The fourth-order valence-electron chi connectivity index (χ4n) is 8.32. The minimum atomic E-state index is -0.682. The molecule has 2 aliphatic heterocycles. The summed E-state index contributed by atoms with van der Waals surface area (Å²) >= 11 is 0. The van der Waals surface area contributed by atoms with Gasteiger partial charge in [-0.2, -0.15) is 0 Å². The molecule has 0 saturated carbocycles. The number of non-ortho nitro benzene ring substituents is 2. The van der Waals surface area contributed by atoms with E-state index in [9.17, 15) is 39.4 Å².